The van der Waals surface area contributed by atoms with E-state index in [2.05, 4.69) is 35.3 Å². The molecule has 1 atom stereocenters. The van der Waals surface area contributed by atoms with E-state index in [4.69, 9.17) is 9.97 Å². The zero-order valence-corrected chi connectivity index (χ0v) is 17.1. The van der Waals surface area contributed by atoms with Crippen LogP contribution in [0.25, 0.3) is 0 Å². The molecule has 150 valence electrons. The van der Waals surface area contributed by atoms with Crippen LogP contribution in [0, 0.1) is 0 Å². The van der Waals surface area contributed by atoms with Gasteiger partial charge in [-0.3, -0.25) is 0 Å². The maximum Gasteiger partial charge on any atom is 0.225 e. The molecule has 4 rings (SSSR count). The molecule has 2 aromatic rings. The number of hydrogen-bond acceptors (Lipinski definition) is 5. The first-order valence-electron chi connectivity index (χ1n) is 10.8. The van der Waals surface area contributed by atoms with Crippen LogP contribution in [0.3, 0.4) is 0 Å². The number of hydrogen-bond donors (Lipinski definition) is 2. The number of benzene rings is 1. The fourth-order valence-electron chi connectivity index (χ4n) is 4.35. The summed E-state index contributed by atoms with van der Waals surface area (Å²) in [5.74, 6) is 1.81. The number of rotatable bonds is 5. The van der Waals surface area contributed by atoms with Gasteiger partial charge in [-0.2, -0.15) is 4.98 Å². The molecule has 2 aliphatic rings. The number of fused-ring (bicyclic) bond motifs is 1. The summed E-state index contributed by atoms with van der Waals surface area (Å²) in [6.07, 6.45) is 7.87. The van der Waals surface area contributed by atoms with Crippen LogP contribution in [0.5, 0.6) is 0 Å². The van der Waals surface area contributed by atoms with Gasteiger partial charge in [0.15, 0.2) is 0 Å². The Balaban J connectivity index is 1.54. The molecule has 28 heavy (non-hydrogen) atoms. The highest BCUT2D eigenvalue weighted by molar-refractivity contribution is 5.49. The fourth-order valence-corrected chi connectivity index (χ4v) is 4.35. The van der Waals surface area contributed by atoms with Gasteiger partial charge in [0.05, 0.1) is 6.10 Å². The van der Waals surface area contributed by atoms with Crippen LogP contribution in [0.1, 0.15) is 74.4 Å². The summed E-state index contributed by atoms with van der Waals surface area (Å²) in [7, 11) is 0. The second-order valence-corrected chi connectivity index (χ2v) is 8.25. The Labute approximate surface area is 168 Å². The lowest BCUT2D eigenvalue weighted by Crippen LogP contribution is -2.32. The molecule has 1 aromatic carbocycles. The molecule has 0 amide bonds. The van der Waals surface area contributed by atoms with Crippen molar-refractivity contribution in [2.45, 2.75) is 77.5 Å². The predicted octanol–water partition coefficient (Wildman–Crippen LogP) is 4.40. The summed E-state index contributed by atoms with van der Waals surface area (Å²) >= 11 is 0. The van der Waals surface area contributed by atoms with Crippen molar-refractivity contribution in [2.75, 3.05) is 16.8 Å². The lowest BCUT2D eigenvalue weighted by molar-refractivity contribution is 0.199. The summed E-state index contributed by atoms with van der Waals surface area (Å²) in [6, 6.07) is 9.01. The summed E-state index contributed by atoms with van der Waals surface area (Å²) in [5, 5.41) is 13.4. The number of anilines is 2. The van der Waals surface area contributed by atoms with Crippen molar-refractivity contribution in [1.82, 2.24) is 9.97 Å². The molecule has 0 spiro atoms. The Bertz CT molecular complexity index is 814. The van der Waals surface area contributed by atoms with Gasteiger partial charge in [-0.1, -0.05) is 44.4 Å². The lowest BCUT2D eigenvalue weighted by Gasteiger charge is -2.31. The van der Waals surface area contributed by atoms with Crippen molar-refractivity contribution < 1.29 is 5.11 Å². The molecule has 0 bridgehead atoms. The molecule has 5 nitrogen and oxygen atoms in total. The van der Waals surface area contributed by atoms with Crippen LogP contribution in [-0.2, 0) is 19.4 Å². The Morgan fingerprint density at radius 1 is 1.14 bits per heavy atom. The van der Waals surface area contributed by atoms with Gasteiger partial charge >= 0.3 is 0 Å². The number of aliphatic hydroxyl groups excluding tert-OH is 1. The zero-order chi connectivity index (χ0) is 19.5. The lowest BCUT2D eigenvalue weighted by atomic mass is 9.95. The smallest absolute Gasteiger partial charge is 0.225 e. The summed E-state index contributed by atoms with van der Waals surface area (Å²) in [6.45, 7) is 5.78. The molecule has 1 fully saturated rings. The maximum atomic E-state index is 9.84. The highest BCUT2D eigenvalue weighted by Gasteiger charge is 2.21. The van der Waals surface area contributed by atoms with Crippen molar-refractivity contribution in [3.05, 3.63) is 46.6 Å². The third kappa shape index (κ3) is 4.30. The van der Waals surface area contributed by atoms with E-state index >= 15 is 0 Å². The molecular formula is C23H32N4O. The number of aryl methyl sites for hydroxylation is 1. The van der Waals surface area contributed by atoms with Crippen molar-refractivity contribution in [3.8, 4) is 0 Å². The zero-order valence-electron chi connectivity index (χ0n) is 17.1. The minimum atomic E-state index is -0.411. The normalized spacial score (nSPS) is 18.6. The molecule has 1 aliphatic carbocycles. The van der Waals surface area contributed by atoms with Crippen LogP contribution in [0.2, 0.25) is 0 Å². The number of nitrogens with zero attached hydrogens (tertiary/aromatic N) is 3. The molecule has 0 unspecified atom stereocenters. The number of aromatic nitrogens is 2. The van der Waals surface area contributed by atoms with Gasteiger partial charge in [-0.25, -0.2) is 4.98 Å². The summed E-state index contributed by atoms with van der Waals surface area (Å²) in [4.78, 5) is 12.0. The summed E-state index contributed by atoms with van der Waals surface area (Å²) in [5.41, 5.74) is 4.77. The first-order chi connectivity index (χ1) is 13.6. The van der Waals surface area contributed by atoms with E-state index in [0.29, 0.717) is 6.04 Å². The van der Waals surface area contributed by atoms with E-state index < -0.39 is 6.10 Å². The Kier molecular flexibility index (Phi) is 5.81. The van der Waals surface area contributed by atoms with Gasteiger partial charge in [0.2, 0.25) is 5.95 Å². The highest BCUT2D eigenvalue weighted by Crippen LogP contribution is 2.27. The fraction of sp³-hybridized carbons (Fsp3) is 0.565. The van der Waals surface area contributed by atoms with Crippen LogP contribution >= 0.6 is 0 Å². The van der Waals surface area contributed by atoms with Crippen molar-refractivity contribution in [2.24, 2.45) is 0 Å². The topological polar surface area (TPSA) is 61.3 Å². The first-order valence-corrected chi connectivity index (χ1v) is 10.8. The van der Waals surface area contributed by atoms with Crippen LogP contribution in [0.4, 0.5) is 11.8 Å². The largest absolute Gasteiger partial charge is 0.389 e. The standard InChI is InChI=1S/C23H32N4O/c1-3-20-14-22(26-23(24-20)25-21-7-5-4-6-8-21)27-12-11-18-13-17(16(2)28)9-10-19(18)15-27/h9-10,13-14,16,21,28H,3-8,11-12,15H2,1-2H3,(H,24,25,26)/t16-/m1/s1. The quantitative estimate of drug-likeness (QED) is 0.805. The third-order valence-corrected chi connectivity index (χ3v) is 6.12. The van der Waals surface area contributed by atoms with Gasteiger partial charge in [0.1, 0.15) is 5.82 Å². The number of nitrogens with one attached hydrogen (secondary N) is 1. The second kappa shape index (κ2) is 8.48. The van der Waals surface area contributed by atoms with Crippen molar-refractivity contribution >= 4 is 11.8 Å². The van der Waals surface area contributed by atoms with Gasteiger partial charge < -0.3 is 15.3 Å². The van der Waals surface area contributed by atoms with Gasteiger partial charge in [-0.05, 0) is 49.3 Å². The van der Waals surface area contributed by atoms with E-state index in [1.165, 1.54) is 43.2 Å². The average Bonchev–Trinajstić information content (AvgIpc) is 2.73. The average molecular weight is 381 g/mol. The van der Waals surface area contributed by atoms with Crippen molar-refractivity contribution in [1.29, 1.82) is 0 Å². The molecule has 2 N–H and O–H groups in total. The monoisotopic (exact) mass is 380 g/mol. The van der Waals surface area contributed by atoms with Crippen LogP contribution < -0.4 is 10.2 Å². The third-order valence-electron chi connectivity index (χ3n) is 6.12. The Morgan fingerprint density at radius 2 is 1.96 bits per heavy atom. The van der Waals surface area contributed by atoms with Crippen molar-refractivity contribution in [3.63, 3.8) is 0 Å². The van der Waals surface area contributed by atoms with Crippen LogP contribution in [0.15, 0.2) is 24.3 Å². The molecule has 0 radical (unpaired) electrons. The molecule has 2 heterocycles. The Hall–Kier alpha value is -2.14. The Morgan fingerprint density at radius 3 is 2.71 bits per heavy atom. The minimum absolute atomic E-state index is 0.411. The summed E-state index contributed by atoms with van der Waals surface area (Å²) < 4.78 is 0. The predicted molar refractivity (Wildman–Crippen MR) is 114 cm³/mol. The van der Waals surface area contributed by atoms with E-state index in [-0.39, 0.29) is 0 Å². The molecular weight excluding hydrogens is 348 g/mol. The van der Waals surface area contributed by atoms with Crippen LogP contribution in [-0.4, -0.2) is 27.7 Å². The van der Waals surface area contributed by atoms with E-state index in [0.717, 1.165) is 49.0 Å². The second-order valence-electron chi connectivity index (χ2n) is 8.25. The van der Waals surface area contributed by atoms with Gasteiger partial charge in [-0.15, -0.1) is 0 Å². The molecule has 0 saturated heterocycles. The van der Waals surface area contributed by atoms with Gasteiger partial charge in [0.25, 0.3) is 0 Å². The molecule has 1 aliphatic heterocycles. The van der Waals surface area contributed by atoms with Gasteiger partial charge in [0, 0.05) is 30.9 Å². The van der Waals surface area contributed by atoms with E-state index in [1.54, 1.807) is 0 Å². The highest BCUT2D eigenvalue weighted by atomic mass is 16.3. The molecule has 1 aromatic heterocycles. The maximum absolute atomic E-state index is 9.84. The minimum Gasteiger partial charge on any atom is -0.389 e. The van der Waals surface area contributed by atoms with E-state index in [1.807, 2.05) is 13.0 Å². The first kappa shape index (κ1) is 19.2. The molecule has 5 heteroatoms. The number of aliphatic hydroxyl groups is 1. The SMILES string of the molecule is CCc1cc(N2CCc3cc([C@@H](C)O)ccc3C2)nc(NC2CCCCC2)n1. The van der Waals surface area contributed by atoms with E-state index in [9.17, 15) is 5.11 Å². The molecule has 1 saturated carbocycles.